The van der Waals surface area contributed by atoms with E-state index in [4.69, 9.17) is 0 Å². The Hall–Kier alpha value is -3.34. The average Bonchev–Trinajstić information content (AvgIpc) is 2.63. The molecule has 0 aliphatic heterocycles. The lowest BCUT2D eigenvalue weighted by molar-refractivity contribution is 1.17. The molecule has 0 aliphatic carbocycles. The van der Waals surface area contributed by atoms with Gasteiger partial charge >= 0.3 is 0 Å². The number of rotatable bonds is 3. The number of nitrogens with zero attached hydrogens (tertiary/aromatic N) is 4. The summed E-state index contributed by atoms with van der Waals surface area (Å²) in [5.74, 6) is 1.21. The van der Waals surface area contributed by atoms with E-state index >= 15 is 0 Å². The Balaban J connectivity index is 1.87. The van der Waals surface area contributed by atoms with Crippen LogP contribution in [0.2, 0.25) is 0 Å². The molecule has 3 aromatic heterocycles. The van der Waals surface area contributed by atoms with Crippen LogP contribution in [0.15, 0.2) is 73.1 Å². The van der Waals surface area contributed by atoms with Crippen LogP contribution >= 0.6 is 0 Å². The molecule has 3 heterocycles. The fraction of sp³-hybridized carbons (Fsp3) is 0. The highest BCUT2D eigenvalue weighted by atomic mass is 15.1. The zero-order chi connectivity index (χ0) is 15.5. The molecule has 0 atom stereocenters. The SMILES string of the molecule is c1ccc(Nc2nc(-c3ccccn3)c3ccccc3n2)nc1. The Labute approximate surface area is 133 Å². The number of para-hydroxylation sites is 1. The number of hydrogen-bond donors (Lipinski definition) is 1. The molecule has 0 unspecified atom stereocenters. The minimum atomic E-state index is 0.503. The molecular weight excluding hydrogens is 286 g/mol. The average molecular weight is 299 g/mol. The van der Waals surface area contributed by atoms with E-state index in [9.17, 15) is 0 Å². The maximum atomic E-state index is 4.64. The van der Waals surface area contributed by atoms with Gasteiger partial charge in [-0.2, -0.15) is 0 Å². The van der Waals surface area contributed by atoms with Gasteiger partial charge in [-0.1, -0.05) is 30.3 Å². The summed E-state index contributed by atoms with van der Waals surface area (Å²) in [6, 6.07) is 19.3. The van der Waals surface area contributed by atoms with Crippen LogP contribution in [0, 0.1) is 0 Å². The number of benzene rings is 1. The van der Waals surface area contributed by atoms with Crippen molar-refractivity contribution in [3.05, 3.63) is 73.1 Å². The number of nitrogens with one attached hydrogen (secondary N) is 1. The van der Waals surface area contributed by atoms with E-state index in [1.54, 1.807) is 12.4 Å². The number of aromatic nitrogens is 4. The Morgan fingerprint density at radius 1 is 0.696 bits per heavy atom. The van der Waals surface area contributed by atoms with Crippen LogP contribution in [0.1, 0.15) is 0 Å². The second-order valence-electron chi connectivity index (χ2n) is 4.97. The third-order valence-electron chi connectivity index (χ3n) is 3.42. The van der Waals surface area contributed by atoms with Gasteiger partial charge in [-0.25, -0.2) is 15.0 Å². The zero-order valence-electron chi connectivity index (χ0n) is 12.2. The van der Waals surface area contributed by atoms with Crippen LogP contribution in [-0.4, -0.2) is 19.9 Å². The van der Waals surface area contributed by atoms with Crippen molar-refractivity contribution in [2.75, 3.05) is 5.32 Å². The van der Waals surface area contributed by atoms with Gasteiger partial charge in [0.1, 0.15) is 11.5 Å². The molecular formula is C18H13N5. The van der Waals surface area contributed by atoms with Gasteiger partial charge in [-0.15, -0.1) is 0 Å². The van der Waals surface area contributed by atoms with Crippen molar-refractivity contribution in [1.82, 2.24) is 19.9 Å². The molecule has 0 radical (unpaired) electrons. The quantitative estimate of drug-likeness (QED) is 0.623. The first-order valence-corrected chi connectivity index (χ1v) is 7.26. The largest absolute Gasteiger partial charge is 0.309 e. The smallest absolute Gasteiger partial charge is 0.229 e. The second-order valence-corrected chi connectivity index (χ2v) is 4.97. The maximum absolute atomic E-state index is 4.64. The fourth-order valence-electron chi connectivity index (χ4n) is 2.38. The molecule has 0 aliphatic rings. The highest BCUT2D eigenvalue weighted by Crippen LogP contribution is 2.26. The van der Waals surface area contributed by atoms with Crippen LogP contribution < -0.4 is 5.32 Å². The Morgan fingerprint density at radius 3 is 2.26 bits per heavy atom. The van der Waals surface area contributed by atoms with Crippen molar-refractivity contribution in [2.24, 2.45) is 0 Å². The number of anilines is 2. The number of pyridine rings is 2. The lowest BCUT2D eigenvalue weighted by Crippen LogP contribution is -2.01. The fourth-order valence-corrected chi connectivity index (χ4v) is 2.38. The Kier molecular flexibility index (Phi) is 3.37. The van der Waals surface area contributed by atoms with Gasteiger partial charge < -0.3 is 5.32 Å². The minimum absolute atomic E-state index is 0.503. The summed E-state index contributed by atoms with van der Waals surface area (Å²) >= 11 is 0. The van der Waals surface area contributed by atoms with E-state index in [0.29, 0.717) is 11.8 Å². The summed E-state index contributed by atoms with van der Waals surface area (Å²) in [6.07, 6.45) is 3.49. The monoisotopic (exact) mass is 299 g/mol. The predicted octanol–water partition coefficient (Wildman–Crippen LogP) is 3.83. The van der Waals surface area contributed by atoms with Crippen molar-refractivity contribution in [2.45, 2.75) is 0 Å². The van der Waals surface area contributed by atoms with E-state index in [-0.39, 0.29) is 0 Å². The van der Waals surface area contributed by atoms with Gasteiger partial charge in [0.05, 0.1) is 11.2 Å². The van der Waals surface area contributed by atoms with Gasteiger partial charge in [0.15, 0.2) is 0 Å². The number of hydrogen-bond acceptors (Lipinski definition) is 5. The molecule has 5 nitrogen and oxygen atoms in total. The lowest BCUT2D eigenvalue weighted by Gasteiger charge is -2.09. The van der Waals surface area contributed by atoms with Crippen LogP contribution in [0.5, 0.6) is 0 Å². The van der Waals surface area contributed by atoms with Gasteiger partial charge in [-0.05, 0) is 30.3 Å². The molecule has 0 spiro atoms. The first kappa shape index (κ1) is 13.3. The highest BCUT2D eigenvalue weighted by molar-refractivity contribution is 5.92. The predicted molar refractivity (Wildman–Crippen MR) is 90.3 cm³/mol. The normalized spacial score (nSPS) is 10.6. The molecule has 4 aromatic rings. The molecule has 0 amide bonds. The Morgan fingerprint density at radius 2 is 1.48 bits per heavy atom. The summed E-state index contributed by atoms with van der Waals surface area (Å²) < 4.78 is 0. The lowest BCUT2D eigenvalue weighted by atomic mass is 10.1. The molecule has 110 valence electrons. The van der Waals surface area contributed by atoms with Gasteiger partial charge in [-0.3, -0.25) is 4.98 Å². The summed E-state index contributed by atoms with van der Waals surface area (Å²) in [6.45, 7) is 0. The first-order chi connectivity index (χ1) is 11.4. The summed E-state index contributed by atoms with van der Waals surface area (Å²) in [5.41, 5.74) is 2.48. The first-order valence-electron chi connectivity index (χ1n) is 7.26. The van der Waals surface area contributed by atoms with E-state index < -0.39 is 0 Å². The van der Waals surface area contributed by atoms with Crippen LogP contribution in [0.4, 0.5) is 11.8 Å². The number of fused-ring (bicyclic) bond motifs is 1. The van der Waals surface area contributed by atoms with Crippen LogP contribution in [0.25, 0.3) is 22.3 Å². The van der Waals surface area contributed by atoms with Crippen molar-refractivity contribution in [3.8, 4) is 11.4 Å². The molecule has 0 bridgehead atoms. The molecule has 1 N–H and O–H groups in total. The van der Waals surface area contributed by atoms with Crippen LogP contribution in [-0.2, 0) is 0 Å². The second kappa shape index (κ2) is 5.81. The summed E-state index contributed by atoms with van der Waals surface area (Å²) in [5, 5.41) is 4.12. The molecule has 1 aromatic carbocycles. The Bertz CT molecular complexity index is 939. The van der Waals surface area contributed by atoms with Gasteiger partial charge in [0.25, 0.3) is 0 Å². The van der Waals surface area contributed by atoms with Gasteiger partial charge in [0.2, 0.25) is 5.95 Å². The van der Waals surface area contributed by atoms with Crippen molar-refractivity contribution in [1.29, 1.82) is 0 Å². The maximum Gasteiger partial charge on any atom is 0.229 e. The summed E-state index contributed by atoms with van der Waals surface area (Å²) in [7, 11) is 0. The molecule has 23 heavy (non-hydrogen) atoms. The van der Waals surface area contributed by atoms with E-state index in [1.165, 1.54) is 0 Å². The van der Waals surface area contributed by atoms with Gasteiger partial charge in [0, 0.05) is 17.8 Å². The molecule has 0 saturated carbocycles. The van der Waals surface area contributed by atoms with Crippen molar-refractivity contribution >= 4 is 22.7 Å². The standard InChI is InChI=1S/C18H13N5/c1-2-8-14-13(7-1)17(15-9-3-5-11-19-15)23-18(21-14)22-16-10-4-6-12-20-16/h1-12H,(H,20,21,22,23). The zero-order valence-corrected chi connectivity index (χ0v) is 12.2. The van der Waals surface area contributed by atoms with Crippen molar-refractivity contribution in [3.63, 3.8) is 0 Å². The van der Waals surface area contributed by atoms with E-state index in [1.807, 2.05) is 60.7 Å². The van der Waals surface area contributed by atoms with E-state index in [0.717, 1.165) is 22.3 Å². The van der Waals surface area contributed by atoms with Crippen LogP contribution in [0.3, 0.4) is 0 Å². The minimum Gasteiger partial charge on any atom is -0.309 e. The topological polar surface area (TPSA) is 63.6 Å². The third kappa shape index (κ3) is 2.72. The third-order valence-corrected chi connectivity index (χ3v) is 3.42. The highest BCUT2D eigenvalue weighted by Gasteiger charge is 2.10. The molecule has 0 fully saturated rings. The summed E-state index contributed by atoms with van der Waals surface area (Å²) in [4.78, 5) is 17.9. The van der Waals surface area contributed by atoms with E-state index in [2.05, 4.69) is 25.3 Å². The molecule has 0 saturated heterocycles. The molecule has 4 rings (SSSR count). The van der Waals surface area contributed by atoms with Crippen molar-refractivity contribution < 1.29 is 0 Å². The molecule has 5 heteroatoms.